The fourth-order valence-electron chi connectivity index (χ4n) is 1.39. The normalized spacial score (nSPS) is 13.3. The standard InChI is InChI=1S/C10H26O2Si2/c1-6-11-10(12-7-2)13-8-9-14(3,4)5/h10H,6-9,13H2,1-5H3. The van der Waals surface area contributed by atoms with Gasteiger partial charge >= 0.3 is 0 Å². The van der Waals surface area contributed by atoms with E-state index < -0.39 is 8.07 Å². The van der Waals surface area contributed by atoms with Crippen molar-refractivity contribution in [2.75, 3.05) is 13.2 Å². The molecule has 0 rings (SSSR count). The Morgan fingerprint density at radius 2 is 1.57 bits per heavy atom. The molecule has 0 aromatic carbocycles. The maximum Gasteiger partial charge on any atom is 0.134 e. The quantitative estimate of drug-likeness (QED) is 0.474. The minimum absolute atomic E-state index is 0.168. The molecule has 0 bridgehead atoms. The molecule has 0 N–H and O–H groups in total. The van der Waals surface area contributed by atoms with Gasteiger partial charge in [-0.2, -0.15) is 0 Å². The van der Waals surface area contributed by atoms with Crippen molar-refractivity contribution in [3.8, 4) is 0 Å². The van der Waals surface area contributed by atoms with E-state index in [2.05, 4.69) is 19.6 Å². The topological polar surface area (TPSA) is 18.5 Å². The summed E-state index contributed by atoms with van der Waals surface area (Å²) in [6.07, 6.45) is 0. The zero-order valence-electron chi connectivity index (χ0n) is 10.4. The molecule has 0 unspecified atom stereocenters. The second-order valence-corrected chi connectivity index (χ2v) is 12.4. The van der Waals surface area contributed by atoms with Crippen LogP contribution in [0, 0.1) is 0 Å². The van der Waals surface area contributed by atoms with Crippen LogP contribution in [0.25, 0.3) is 0 Å². The van der Waals surface area contributed by atoms with Crippen molar-refractivity contribution < 1.29 is 9.47 Å². The van der Waals surface area contributed by atoms with Gasteiger partial charge in [-0.25, -0.2) is 0 Å². The van der Waals surface area contributed by atoms with Crippen LogP contribution in [0.5, 0.6) is 0 Å². The summed E-state index contributed by atoms with van der Waals surface area (Å²) in [4.78, 5) is 0. The smallest absolute Gasteiger partial charge is 0.134 e. The highest BCUT2D eigenvalue weighted by atomic mass is 28.3. The van der Waals surface area contributed by atoms with Crippen molar-refractivity contribution in [2.24, 2.45) is 0 Å². The highest BCUT2D eigenvalue weighted by Gasteiger charge is 2.15. The van der Waals surface area contributed by atoms with Crippen molar-refractivity contribution in [2.45, 2.75) is 51.5 Å². The third-order valence-corrected chi connectivity index (χ3v) is 6.34. The van der Waals surface area contributed by atoms with Gasteiger partial charge in [0.15, 0.2) is 0 Å². The molecule has 2 nitrogen and oxygen atoms in total. The van der Waals surface area contributed by atoms with Crippen molar-refractivity contribution in [3.05, 3.63) is 0 Å². The Kier molecular flexibility index (Phi) is 7.81. The van der Waals surface area contributed by atoms with Gasteiger partial charge in [-0.3, -0.25) is 0 Å². The number of hydrogen-bond donors (Lipinski definition) is 0. The molecule has 0 heterocycles. The van der Waals surface area contributed by atoms with Gasteiger partial charge in [-0.15, -0.1) is 0 Å². The summed E-state index contributed by atoms with van der Waals surface area (Å²) in [6, 6.07) is 2.80. The Morgan fingerprint density at radius 1 is 1.07 bits per heavy atom. The molecule has 0 aromatic rings. The molecule has 0 amide bonds. The monoisotopic (exact) mass is 234 g/mol. The van der Waals surface area contributed by atoms with Crippen LogP contribution >= 0.6 is 0 Å². The summed E-state index contributed by atoms with van der Waals surface area (Å²) in [5.74, 6) is 0.168. The predicted molar refractivity (Wildman–Crippen MR) is 68.5 cm³/mol. The second kappa shape index (κ2) is 7.62. The van der Waals surface area contributed by atoms with Crippen LogP contribution in [0.3, 0.4) is 0 Å². The lowest BCUT2D eigenvalue weighted by atomic mass is 10.8. The van der Waals surface area contributed by atoms with Crippen molar-refractivity contribution in [1.82, 2.24) is 0 Å². The Hall–Kier alpha value is 0.354. The van der Waals surface area contributed by atoms with E-state index in [-0.39, 0.29) is 15.4 Å². The van der Waals surface area contributed by atoms with Crippen LogP contribution in [0.4, 0.5) is 0 Å². The van der Waals surface area contributed by atoms with Crippen molar-refractivity contribution in [3.63, 3.8) is 0 Å². The molecule has 0 spiro atoms. The highest BCUT2D eigenvalue weighted by Crippen LogP contribution is 2.12. The van der Waals surface area contributed by atoms with Gasteiger partial charge in [-0.05, 0) is 13.8 Å². The van der Waals surface area contributed by atoms with E-state index in [4.69, 9.17) is 9.47 Å². The summed E-state index contributed by atoms with van der Waals surface area (Å²) < 4.78 is 11.1. The minimum atomic E-state index is -0.846. The lowest BCUT2D eigenvalue weighted by Gasteiger charge is -2.19. The van der Waals surface area contributed by atoms with Crippen LogP contribution in [-0.4, -0.2) is 36.7 Å². The SMILES string of the molecule is CCOC(OCC)[SiH2]CC[Si](C)(C)C. The van der Waals surface area contributed by atoms with Crippen molar-refractivity contribution in [1.29, 1.82) is 0 Å². The van der Waals surface area contributed by atoms with Gasteiger partial charge in [0.1, 0.15) is 5.91 Å². The zero-order valence-corrected chi connectivity index (χ0v) is 12.8. The van der Waals surface area contributed by atoms with Gasteiger partial charge in [0.25, 0.3) is 0 Å². The largest absolute Gasteiger partial charge is 0.357 e. The van der Waals surface area contributed by atoms with Crippen LogP contribution in [0.15, 0.2) is 0 Å². The highest BCUT2D eigenvalue weighted by molar-refractivity contribution is 6.76. The first-order valence-electron chi connectivity index (χ1n) is 5.72. The van der Waals surface area contributed by atoms with E-state index in [0.717, 1.165) is 13.2 Å². The van der Waals surface area contributed by atoms with E-state index in [1.807, 2.05) is 13.8 Å². The Bertz CT molecular complexity index is 129. The number of ether oxygens (including phenoxy) is 2. The lowest BCUT2D eigenvalue weighted by Crippen LogP contribution is -2.27. The fourth-order valence-corrected chi connectivity index (χ4v) is 7.58. The Labute approximate surface area is 92.2 Å². The van der Waals surface area contributed by atoms with Crippen LogP contribution in [-0.2, 0) is 9.47 Å². The summed E-state index contributed by atoms with van der Waals surface area (Å²) >= 11 is 0. The maximum absolute atomic E-state index is 5.55. The van der Waals surface area contributed by atoms with Gasteiger partial charge in [-0.1, -0.05) is 31.7 Å². The molecule has 0 saturated heterocycles. The minimum Gasteiger partial charge on any atom is -0.357 e. The summed E-state index contributed by atoms with van der Waals surface area (Å²) in [6.45, 7) is 12.9. The van der Waals surface area contributed by atoms with E-state index >= 15 is 0 Å². The van der Waals surface area contributed by atoms with E-state index in [0.29, 0.717) is 0 Å². The zero-order chi connectivity index (χ0) is 11.0. The third-order valence-electron chi connectivity index (χ3n) is 2.07. The average molecular weight is 234 g/mol. The Morgan fingerprint density at radius 3 is 1.93 bits per heavy atom. The third kappa shape index (κ3) is 8.93. The fraction of sp³-hybridized carbons (Fsp3) is 1.00. The number of rotatable bonds is 8. The molecule has 0 atom stereocenters. The van der Waals surface area contributed by atoms with E-state index in [1.165, 1.54) is 12.1 Å². The first-order chi connectivity index (χ1) is 6.49. The molecule has 0 saturated carbocycles. The summed E-state index contributed by atoms with van der Waals surface area (Å²) in [5, 5.41) is 0. The van der Waals surface area contributed by atoms with E-state index in [1.54, 1.807) is 0 Å². The Balaban J connectivity index is 3.60. The van der Waals surface area contributed by atoms with Crippen molar-refractivity contribution >= 4 is 17.6 Å². The molecule has 0 fully saturated rings. The molecule has 0 aliphatic carbocycles. The van der Waals surface area contributed by atoms with Gasteiger partial charge in [0, 0.05) is 21.3 Å². The molecule has 86 valence electrons. The first-order valence-corrected chi connectivity index (χ1v) is 11.2. The van der Waals surface area contributed by atoms with Gasteiger partial charge in [0.05, 0.1) is 9.52 Å². The van der Waals surface area contributed by atoms with Gasteiger partial charge in [0.2, 0.25) is 0 Å². The first kappa shape index (κ1) is 14.4. The predicted octanol–water partition coefficient (Wildman–Crippen LogP) is 2.27. The molecule has 14 heavy (non-hydrogen) atoms. The molecule has 4 heteroatoms. The van der Waals surface area contributed by atoms with Crippen LogP contribution < -0.4 is 0 Å². The maximum atomic E-state index is 5.55. The van der Waals surface area contributed by atoms with Crippen LogP contribution in [0.1, 0.15) is 13.8 Å². The molecule has 0 aromatic heterocycles. The number of hydrogen-bond acceptors (Lipinski definition) is 2. The molecular formula is C10H26O2Si2. The van der Waals surface area contributed by atoms with E-state index in [9.17, 15) is 0 Å². The summed E-state index contributed by atoms with van der Waals surface area (Å²) in [7, 11) is -1.03. The molecular weight excluding hydrogens is 208 g/mol. The second-order valence-electron chi connectivity index (χ2n) is 4.79. The summed E-state index contributed by atoms with van der Waals surface area (Å²) in [5.41, 5.74) is 0. The molecule has 0 radical (unpaired) electrons. The average Bonchev–Trinajstić information content (AvgIpc) is 2.02. The molecule has 0 aliphatic heterocycles. The van der Waals surface area contributed by atoms with Crippen LogP contribution in [0.2, 0.25) is 31.7 Å². The van der Waals surface area contributed by atoms with Gasteiger partial charge < -0.3 is 9.47 Å². The lowest BCUT2D eigenvalue weighted by molar-refractivity contribution is -0.0826. The molecule has 0 aliphatic rings.